The van der Waals surface area contributed by atoms with E-state index in [0.29, 0.717) is 0 Å². The van der Waals surface area contributed by atoms with Crippen LogP contribution in [0.5, 0.6) is 5.75 Å². The lowest BCUT2D eigenvalue weighted by atomic mass is 9.93. The molecule has 118 valence electrons. The molecule has 4 heteroatoms. The number of hydrogen-bond acceptors (Lipinski definition) is 2. The Labute approximate surface area is 125 Å². The molecule has 1 aliphatic rings. The molecule has 0 amide bonds. The minimum absolute atomic E-state index is 0.231. The number of rotatable bonds is 8. The smallest absolute Gasteiger partial charge is 0.387 e. The van der Waals surface area contributed by atoms with Gasteiger partial charge in [0.25, 0.3) is 0 Å². The molecule has 1 atom stereocenters. The van der Waals surface area contributed by atoms with E-state index in [0.717, 1.165) is 30.9 Å². The predicted molar refractivity (Wildman–Crippen MR) is 80.7 cm³/mol. The molecule has 0 bridgehead atoms. The van der Waals surface area contributed by atoms with Crippen LogP contribution in [0.15, 0.2) is 24.3 Å². The Bertz CT molecular complexity index is 419. The molecule has 1 unspecified atom stereocenters. The zero-order valence-corrected chi connectivity index (χ0v) is 12.7. The Hall–Kier alpha value is -1.16. The van der Waals surface area contributed by atoms with Crippen molar-refractivity contribution in [1.29, 1.82) is 0 Å². The van der Waals surface area contributed by atoms with Crippen molar-refractivity contribution >= 4 is 0 Å². The number of benzene rings is 1. The van der Waals surface area contributed by atoms with Crippen LogP contribution in [0, 0.1) is 5.92 Å². The number of halogens is 2. The molecule has 0 aliphatic heterocycles. The van der Waals surface area contributed by atoms with E-state index < -0.39 is 6.61 Å². The summed E-state index contributed by atoms with van der Waals surface area (Å²) >= 11 is 0. The van der Waals surface area contributed by atoms with Gasteiger partial charge in [-0.05, 0) is 43.0 Å². The molecule has 2 nitrogen and oxygen atoms in total. The van der Waals surface area contributed by atoms with E-state index in [1.165, 1.54) is 25.7 Å². The second-order valence-electron chi connectivity index (χ2n) is 5.84. The van der Waals surface area contributed by atoms with Crippen LogP contribution in [0.4, 0.5) is 8.78 Å². The Kier molecular flexibility index (Phi) is 6.43. The van der Waals surface area contributed by atoms with Gasteiger partial charge in [-0.2, -0.15) is 8.78 Å². The standard InChI is InChI=1S/C17H25F2NO/c1-2-10-20-16(11-13-6-3-4-7-13)14-8-5-9-15(12-14)21-17(18)19/h5,8-9,12-13,16-17,20H,2-4,6-7,10-11H2,1H3. The first-order chi connectivity index (χ1) is 10.2. The Morgan fingerprint density at radius 3 is 2.71 bits per heavy atom. The van der Waals surface area contributed by atoms with Crippen molar-refractivity contribution in [1.82, 2.24) is 5.32 Å². The van der Waals surface area contributed by atoms with Gasteiger partial charge in [-0.15, -0.1) is 0 Å². The van der Waals surface area contributed by atoms with E-state index in [2.05, 4.69) is 17.0 Å². The number of nitrogens with one attached hydrogen (secondary N) is 1. The first-order valence-corrected chi connectivity index (χ1v) is 7.97. The Balaban J connectivity index is 2.06. The maximum Gasteiger partial charge on any atom is 0.387 e. The molecule has 1 aliphatic carbocycles. The van der Waals surface area contributed by atoms with Crippen LogP contribution in [-0.4, -0.2) is 13.2 Å². The molecule has 1 aromatic carbocycles. The molecule has 0 heterocycles. The van der Waals surface area contributed by atoms with Crippen LogP contribution in [-0.2, 0) is 0 Å². The van der Waals surface area contributed by atoms with Crippen LogP contribution in [0.2, 0.25) is 0 Å². The molecule has 1 N–H and O–H groups in total. The van der Waals surface area contributed by atoms with Gasteiger partial charge in [-0.3, -0.25) is 0 Å². The third-order valence-corrected chi connectivity index (χ3v) is 4.17. The average Bonchev–Trinajstić information content (AvgIpc) is 2.96. The number of hydrogen-bond donors (Lipinski definition) is 1. The minimum atomic E-state index is -2.77. The summed E-state index contributed by atoms with van der Waals surface area (Å²) in [7, 11) is 0. The average molecular weight is 297 g/mol. The quantitative estimate of drug-likeness (QED) is 0.736. The predicted octanol–water partition coefficient (Wildman–Crippen LogP) is 4.91. The minimum Gasteiger partial charge on any atom is -0.435 e. The highest BCUT2D eigenvalue weighted by molar-refractivity contribution is 5.30. The van der Waals surface area contributed by atoms with E-state index in [9.17, 15) is 8.78 Å². The first kappa shape index (κ1) is 16.2. The van der Waals surface area contributed by atoms with Crippen molar-refractivity contribution in [3.8, 4) is 5.75 Å². The van der Waals surface area contributed by atoms with Gasteiger partial charge in [0.1, 0.15) is 5.75 Å². The normalized spacial score (nSPS) is 17.3. The van der Waals surface area contributed by atoms with Crippen molar-refractivity contribution in [2.75, 3.05) is 6.54 Å². The lowest BCUT2D eigenvalue weighted by Gasteiger charge is -2.23. The first-order valence-electron chi connectivity index (χ1n) is 7.97. The fourth-order valence-corrected chi connectivity index (χ4v) is 3.14. The van der Waals surface area contributed by atoms with E-state index in [1.807, 2.05) is 6.07 Å². The van der Waals surface area contributed by atoms with Gasteiger partial charge in [-0.1, -0.05) is 44.7 Å². The van der Waals surface area contributed by atoms with Gasteiger partial charge in [0, 0.05) is 6.04 Å². The van der Waals surface area contributed by atoms with Crippen LogP contribution in [0.25, 0.3) is 0 Å². The molecule has 0 spiro atoms. The highest BCUT2D eigenvalue weighted by atomic mass is 19.3. The number of alkyl halides is 2. The highest BCUT2D eigenvalue weighted by Crippen LogP contribution is 2.34. The third-order valence-electron chi connectivity index (χ3n) is 4.17. The van der Waals surface area contributed by atoms with Gasteiger partial charge in [0.15, 0.2) is 0 Å². The third kappa shape index (κ3) is 5.27. The zero-order chi connectivity index (χ0) is 15.1. The lowest BCUT2D eigenvalue weighted by molar-refractivity contribution is -0.0499. The molecular formula is C17H25F2NO. The summed E-state index contributed by atoms with van der Waals surface area (Å²) in [6, 6.07) is 7.36. The summed E-state index contributed by atoms with van der Waals surface area (Å²) in [6.07, 6.45) is 7.36. The van der Waals surface area contributed by atoms with Gasteiger partial charge < -0.3 is 10.1 Å². The largest absolute Gasteiger partial charge is 0.435 e. The van der Waals surface area contributed by atoms with E-state index in [-0.39, 0.29) is 11.8 Å². The van der Waals surface area contributed by atoms with Crippen LogP contribution in [0.3, 0.4) is 0 Å². The summed E-state index contributed by atoms with van der Waals surface area (Å²) < 4.78 is 29.2. The maximum absolute atomic E-state index is 12.3. The summed E-state index contributed by atoms with van der Waals surface area (Å²) in [5, 5.41) is 3.55. The van der Waals surface area contributed by atoms with Crippen LogP contribution >= 0.6 is 0 Å². The molecular weight excluding hydrogens is 272 g/mol. The maximum atomic E-state index is 12.3. The molecule has 0 saturated heterocycles. The van der Waals surface area contributed by atoms with E-state index in [4.69, 9.17) is 0 Å². The number of ether oxygens (including phenoxy) is 1. The topological polar surface area (TPSA) is 21.3 Å². The summed E-state index contributed by atoms with van der Waals surface area (Å²) in [6.45, 7) is 0.310. The van der Waals surface area contributed by atoms with Crippen LogP contribution < -0.4 is 10.1 Å². The molecule has 1 aromatic rings. The van der Waals surface area contributed by atoms with Gasteiger partial charge in [-0.25, -0.2) is 0 Å². The van der Waals surface area contributed by atoms with Gasteiger partial charge in [0.05, 0.1) is 0 Å². The van der Waals surface area contributed by atoms with Crippen molar-refractivity contribution in [2.24, 2.45) is 5.92 Å². The highest BCUT2D eigenvalue weighted by Gasteiger charge is 2.21. The second kappa shape index (κ2) is 8.32. The molecule has 0 aromatic heterocycles. The van der Waals surface area contributed by atoms with Crippen molar-refractivity contribution < 1.29 is 13.5 Å². The van der Waals surface area contributed by atoms with E-state index >= 15 is 0 Å². The van der Waals surface area contributed by atoms with E-state index in [1.54, 1.807) is 18.2 Å². The molecule has 1 saturated carbocycles. The molecule has 2 rings (SSSR count). The monoisotopic (exact) mass is 297 g/mol. The molecule has 0 radical (unpaired) electrons. The van der Waals surface area contributed by atoms with Gasteiger partial charge >= 0.3 is 6.61 Å². The SMILES string of the molecule is CCCNC(CC1CCCC1)c1cccc(OC(F)F)c1. The summed E-state index contributed by atoms with van der Waals surface area (Å²) in [4.78, 5) is 0. The molecule has 21 heavy (non-hydrogen) atoms. The Morgan fingerprint density at radius 2 is 2.05 bits per heavy atom. The summed E-state index contributed by atoms with van der Waals surface area (Å²) in [5.74, 6) is 0.997. The fourth-order valence-electron chi connectivity index (χ4n) is 3.14. The van der Waals surface area contributed by atoms with Crippen molar-refractivity contribution in [3.05, 3.63) is 29.8 Å². The fraction of sp³-hybridized carbons (Fsp3) is 0.647. The van der Waals surface area contributed by atoms with Crippen LogP contribution in [0.1, 0.15) is 57.1 Å². The molecule has 1 fully saturated rings. The zero-order valence-electron chi connectivity index (χ0n) is 12.7. The lowest BCUT2D eigenvalue weighted by Crippen LogP contribution is -2.24. The summed E-state index contributed by atoms with van der Waals surface area (Å²) in [5.41, 5.74) is 1.05. The van der Waals surface area contributed by atoms with Crippen molar-refractivity contribution in [2.45, 2.75) is 58.1 Å². The van der Waals surface area contributed by atoms with Gasteiger partial charge in [0.2, 0.25) is 0 Å². The Morgan fingerprint density at radius 1 is 1.29 bits per heavy atom. The second-order valence-corrected chi connectivity index (χ2v) is 5.84. The van der Waals surface area contributed by atoms with Crippen molar-refractivity contribution in [3.63, 3.8) is 0 Å².